The first kappa shape index (κ1) is 17.4. The molecule has 7 heteroatoms. The van der Waals surface area contributed by atoms with Gasteiger partial charge in [0.2, 0.25) is 0 Å². The highest BCUT2D eigenvalue weighted by Crippen LogP contribution is 2.21. The summed E-state index contributed by atoms with van der Waals surface area (Å²) < 4.78 is 2.46. The van der Waals surface area contributed by atoms with Crippen molar-refractivity contribution in [2.24, 2.45) is 5.10 Å². The number of hydrogen-bond donors (Lipinski definition) is 1. The molecule has 0 aliphatic heterocycles. The standard InChI is InChI=1S/C18H14BrClN4O/c1-12-16(17(20)24(23-12)15-8-3-2-4-9-15)11-21-22-18(25)13-6-5-7-14(19)10-13/h2-11H,1H3,(H,22,25)/b21-11+. The summed E-state index contributed by atoms with van der Waals surface area (Å²) in [5.74, 6) is -0.304. The van der Waals surface area contributed by atoms with E-state index in [2.05, 4.69) is 31.6 Å². The highest BCUT2D eigenvalue weighted by atomic mass is 79.9. The molecular formula is C18H14BrClN4O. The second kappa shape index (κ2) is 7.63. The molecule has 0 radical (unpaired) electrons. The average Bonchev–Trinajstić information content (AvgIpc) is 2.90. The minimum Gasteiger partial charge on any atom is -0.267 e. The lowest BCUT2D eigenvalue weighted by Gasteiger charge is -2.02. The molecule has 0 bridgehead atoms. The summed E-state index contributed by atoms with van der Waals surface area (Å²) in [5.41, 5.74) is 5.23. The van der Waals surface area contributed by atoms with Gasteiger partial charge in [-0.1, -0.05) is 51.8 Å². The number of carbonyl (C=O) groups excluding carboxylic acids is 1. The predicted octanol–water partition coefficient (Wildman–Crippen LogP) is 4.36. The van der Waals surface area contributed by atoms with Gasteiger partial charge in [-0.15, -0.1) is 0 Å². The number of amides is 1. The van der Waals surface area contributed by atoms with Crippen molar-refractivity contribution in [3.8, 4) is 5.69 Å². The Morgan fingerprint density at radius 3 is 2.72 bits per heavy atom. The summed E-state index contributed by atoms with van der Waals surface area (Å²) in [5, 5.41) is 8.86. The first-order chi connectivity index (χ1) is 12.1. The van der Waals surface area contributed by atoms with E-state index in [0.29, 0.717) is 22.0 Å². The Morgan fingerprint density at radius 2 is 2.00 bits per heavy atom. The molecule has 1 N–H and O–H groups in total. The van der Waals surface area contributed by atoms with Crippen molar-refractivity contribution in [3.63, 3.8) is 0 Å². The maximum Gasteiger partial charge on any atom is 0.271 e. The van der Waals surface area contributed by atoms with Gasteiger partial charge in [-0.3, -0.25) is 4.79 Å². The summed E-state index contributed by atoms with van der Waals surface area (Å²) in [6.45, 7) is 1.84. The molecular weight excluding hydrogens is 404 g/mol. The minimum atomic E-state index is -0.304. The molecule has 1 aromatic heterocycles. The second-order valence-corrected chi connectivity index (χ2v) is 6.52. The van der Waals surface area contributed by atoms with E-state index in [-0.39, 0.29) is 5.91 Å². The lowest BCUT2D eigenvalue weighted by Crippen LogP contribution is -2.17. The average molecular weight is 418 g/mol. The Hall–Kier alpha value is -2.44. The first-order valence-corrected chi connectivity index (χ1v) is 8.63. The van der Waals surface area contributed by atoms with Gasteiger partial charge >= 0.3 is 0 Å². The summed E-state index contributed by atoms with van der Waals surface area (Å²) >= 11 is 9.74. The van der Waals surface area contributed by atoms with Gasteiger partial charge in [0.25, 0.3) is 5.91 Å². The third-order valence-corrected chi connectivity index (χ3v) is 4.35. The van der Waals surface area contributed by atoms with Gasteiger partial charge in [0.05, 0.1) is 23.2 Å². The van der Waals surface area contributed by atoms with E-state index in [0.717, 1.165) is 10.2 Å². The number of hydrazone groups is 1. The van der Waals surface area contributed by atoms with E-state index in [1.165, 1.54) is 6.21 Å². The molecule has 3 rings (SSSR count). The normalized spacial score (nSPS) is 11.0. The fraction of sp³-hybridized carbons (Fsp3) is 0.0556. The predicted molar refractivity (Wildman–Crippen MR) is 103 cm³/mol. The zero-order chi connectivity index (χ0) is 17.8. The molecule has 2 aromatic carbocycles. The van der Waals surface area contributed by atoms with E-state index in [1.54, 1.807) is 22.9 Å². The lowest BCUT2D eigenvalue weighted by atomic mass is 10.2. The van der Waals surface area contributed by atoms with Crippen LogP contribution in [0.2, 0.25) is 5.15 Å². The van der Waals surface area contributed by atoms with Gasteiger partial charge in [-0.05, 0) is 37.3 Å². The van der Waals surface area contributed by atoms with Crippen molar-refractivity contribution in [2.75, 3.05) is 0 Å². The molecule has 5 nitrogen and oxygen atoms in total. The molecule has 1 amide bonds. The number of aryl methyl sites for hydroxylation is 1. The van der Waals surface area contributed by atoms with Crippen molar-refractivity contribution < 1.29 is 4.79 Å². The number of hydrogen-bond acceptors (Lipinski definition) is 3. The molecule has 0 aliphatic rings. The Bertz CT molecular complexity index is 938. The van der Waals surface area contributed by atoms with Gasteiger partial charge in [0, 0.05) is 10.0 Å². The molecule has 1 heterocycles. The summed E-state index contributed by atoms with van der Waals surface area (Å²) in [7, 11) is 0. The fourth-order valence-corrected chi connectivity index (χ4v) is 2.97. The van der Waals surface area contributed by atoms with Crippen LogP contribution in [0.5, 0.6) is 0 Å². The van der Waals surface area contributed by atoms with Crippen molar-refractivity contribution in [2.45, 2.75) is 6.92 Å². The number of rotatable bonds is 4. The number of para-hydroxylation sites is 1. The number of aromatic nitrogens is 2. The van der Waals surface area contributed by atoms with Crippen molar-refractivity contribution >= 4 is 39.7 Å². The van der Waals surface area contributed by atoms with Crippen LogP contribution in [0.25, 0.3) is 5.69 Å². The highest BCUT2D eigenvalue weighted by Gasteiger charge is 2.13. The van der Waals surface area contributed by atoms with Gasteiger partial charge < -0.3 is 0 Å². The number of nitrogens with one attached hydrogen (secondary N) is 1. The SMILES string of the molecule is Cc1nn(-c2ccccc2)c(Cl)c1/C=N/NC(=O)c1cccc(Br)c1. The fourth-order valence-electron chi connectivity index (χ4n) is 2.25. The van der Waals surface area contributed by atoms with E-state index in [4.69, 9.17) is 11.6 Å². The van der Waals surface area contributed by atoms with Crippen LogP contribution >= 0.6 is 27.5 Å². The zero-order valence-corrected chi connectivity index (χ0v) is 15.6. The molecule has 0 aliphatic carbocycles. The maximum absolute atomic E-state index is 12.1. The van der Waals surface area contributed by atoms with Crippen molar-refractivity contribution in [1.29, 1.82) is 0 Å². The smallest absolute Gasteiger partial charge is 0.267 e. The highest BCUT2D eigenvalue weighted by molar-refractivity contribution is 9.10. The molecule has 3 aromatic rings. The van der Waals surface area contributed by atoms with E-state index in [1.807, 2.05) is 43.3 Å². The van der Waals surface area contributed by atoms with Crippen molar-refractivity contribution in [1.82, 2.24) is 15.2 Å². The van der Waals surface area contributed by atoms with Crippen LogP contribution in [0.15, 0.2) is 64.2 Å². The van der Waals surface area contributed by atoms with E-state index in [9.17, 15) is 4.79 Å². The molecule has 0 saturated carbocycles. The largest absolute Gasteiger partial charge is 0.271 e. The van der Waals surface area contributed by atoms with Crippen molar-refractivity contribution in [3.05, 3.63) is 81.0 Å². The monoisotopic (exact) mass is 416 g/mol. The number of halogens is 2. The van der Waals surface area contributed by atoms with Gasteiger partial charge in [0.15, 0.2) is 0 Å². The van der Waals surface area contributed by atoms with Crippen LogP contribution in [0.4, 0.5) is 0 Å². The molecule has 0 fully saturated rings. The molecule has 0 atom stereocenters. The minimum absolute atomic E-state index is 0.304. The third kappa shape index (κ3) is 3.97. The Balaban J connectivity index is 1.78. The maximum atomic E-state index is 12.1. The van der Waals surface area contributed by atoms with Crippen LogP contribution in [0.3, 0.4) is 0 Å². The molecule has 0 saturated heterocycles. The third-order valence-electron chi connectivity index (χ3n) is 3.50. The molecule has 0 spiro atoms. The summed E-state index contributed by atoms with van der Waals surface area (Å²) in [6.07, 6.45) is 1.50. The van der Waals surface area contributed by atoms with Crippen LogP contribution in [0, 0.1) is 6.92 Å². The lowest BCUT2D eigenvalue weighted by molar-refractivity contribution is 0.0955. The summed E-state index contributed by atoms with van der Waals surface area (Å²) in [4.78, 5) is 12.1. The Kier molecular flexibility index (Phi) is 5.31. The van der Waals surface area contributed by atoms with E-state index < -0.39 is 0 Å². The van der Waals surface area contributed by atoms with Gasteiger partial charge in [-0.25, -0.2) is 10.1 Å². The van der Waals surface area contributed by atoms with E-state index >= 15 is 0 Å². The quantitative estimate of drug-likeness (QED) is 0.506. The second-order valence-electron chi connectivity index (χ2n) is 5.25. The number of nitrogens with zero attached hydrogens (tertiary/aromatic N) is 3. The molecule has 25 heavy (non-hydrogen) atoms. The van der Waals surface area contributed by atoms with Gasteiger partial charge in [-0.2, -0.15) is 10.2 Å². The number of benzene rings is 2. The molecule has 0 unspecified atom stereocenters. The first-order valence-electron chi connectivity index (χ1n) is 7.46. The summed E-state index contributed by atoms with van der Waals surface area (Å²) in [6, 6.07) is 16.6. The van der Waals surface area contributed by atoms with Gasteiger partial charge in [0.1, 0.15) is 5.15 Å². The zero-order valence-electron chi connectivity index (χ0n) is 13.3. The van der Waals surface area contributed by atoms with Crippen LogP contribution < -0.4 is 5.43 Å². The topological polar surface area (TPSA) is 59.3 Å². The Labute approximate surface area is 158 Å². The van der Waals surface area contributed by atoms with Crippen LogP contribution in [0.1, 0.15) is 21.6 Å². The van der Waals surface area contributed by atoms with Crippen LogP contribution in [-0.2, 0) is 0 Å². The molecule has 126 valence electrons. The number of carbonyl (C=O) groups is 1. The van der Waals surface area contributed by atoms with Crippen LogP contribution in [-0.4, -0.2) is 21.9 Å². The Morgan fingerprint density at radius 1 is 1.24 bits per heavy atom.